The number of hydrogen-bond donors (Lipinski definition) is 0. The van der Waals surface area contributed by atoms with Gasteiger partial charge in [0.1, 0.15) is 5.78 Å². The first-order chi connectivity index (χ1) is 5.61. The van der Waals surface area contributed by atoms with Crippen molar-refractivity contribution in [1.29, 1.82) is 0 Å². The average molecular weight is 206 g/mol. The van der Waals surface area contributed by atoms with E-state index in [1.807, 2.05) is 14.1 Å². The zero-order valence-corrected chi connectivity index (χ0v) is 9.56. The maximum atomic E-state index is 11.6. The van der Waals surface area contributed by atoms with Gasteiger partial charge in [-0.2, -0.15) is 0 Å². The third-order valence-corrected chi connectivity index (χ3v) is 2.66. The molecule has 0 radical (unpaired) electrons. The van der Waals surface area contributed by atoms with Crippen molar-refractivity contribution in [2.45, 2.75) is 26.2 Å². The summed E-state index contributed by atoms with van der Waals surface area (Å²) < 4.78 is 0. The fourth-order valence-electron chi connectivity index (χ4n) is 1.98. The van der Waals surface area contributed by atoms with Crippen molar-refractivity contribution in [2.75, 3.05) is 20.6 Å². The Hall–Kier alpha value is -0.0800. The third-order valence-electron chi connectivity index (χ3n) is 2.66. The monoisotopic (exact) mass is 205 g/mol. The maximum Gasteiger partial charge on any atom is 0.140 e. The van der Waals surface area contributed by atoms with Crippen molar-refractivity contribution in [3.05, 3.63) is 0 Å². The van der Waals surface area contributed by atoms with E-state index in [-0.39, 0.29) is 12.4 Å². The fourth-order valence-corrected chi connectivity index (χ4v) is 1.98. The highest BCUT2D eigenvalue weighted by Crippen LogP contribution is 2.25. The van der Waals surface area contributed by atoms with Crippen LogP contribution in [0, 0.1) is 11.8 Å². The predicted octanol–water partition coefficient (Wildman–Crippen LogP) is 1.98. The standard InChI is InChI=1S/C10H19NO.ClH/c1-8-5-4-6-9(10(8)12)7-11(2)3;/h8-9H,4-7H2,1-3H3;1H. The molecule has 1 saturated carbocycles. The SMILES string of the molecule is CC1CCCC(CN(C)C)C1=O.Cl. The minimum absolute atomic E-state index is 0. The molecular formula is C10H20ClNO. The molecule has 0 aromatic heterocycles. The number of hydrogen-bond acceptors (Lipinski definition) is 2. The van der Waals surface area contributed by atoms with Crippen molar-refractivity contribution >= 4 is 18.2 Å². The zero-order valence-electron chi connectivity index (χ0n) is 8.75. The summed E-state index contributed by atoms with van der Waals surface area (Å²) in [7, 11) is 4.07. The van der Waals surface area contributed by atoms with Crippen LogP contribution in [0.25, 0.3) is 0 Å². The molecule has 0 bridgehead atoms. The fraction of sp³-hybridized carbons (Fsp3) is 0.900. The lowest BCUT2D eigenvalue weighted by Gasteiger charge is -2.27. The molecular weight excluding hydrogens is 186 g/mol. The molecule has 1 fully saturated rings. The van der Waals surface area contributed by atoms with Gasteiger partial charge in [-0.25, -0.2) is 0 Å². The number of halogens is 1. The summed E-state index contributed by atoms with van der Waals surface area (Å²) in [6.07, 6.45) is 3.43. The van der Waals surface area contributed by atoms with E-state index in [9.17, 15) is 4.79 Å². The lowest BCUT2D eigenvalue weighted by atomic mass is 9.81. The minimum Gasteiger partial charge on any atom is -0.309 e. The van der Waals surface area contributed by atoms with Crippen molar-refractivity contribution in [1.82, 2.24) is 4.90 Å². The van der Waals surface area contributed by atoms with Crippen molar-refractivity contribution in [2.24, 2.45) is 11.8 Å². The highest BCUT2D eigenvalue weighted by molar-refractivity contribution is 5.85. The first kappa shape index (κ1) is 12.9. The van der Waals surface area contributed by atoms with E-state index in [1.165, 1.54) is 6.42 Å². The lowest BCUT2D eigenvalue weighted by Crippen LogP contribution is -2.34. The molecule has 1 aliphatic rings. The molecule has 2 unspecified atom stereocenters. The number of nitrogens with zero attached hydrogens (tertiary/aromatic N) is 1. The van der Waals surface area contributed by atoms with E-state index in [0.717, 1.165) is 19.4 Å². The molecule has 0 spiro atoms. The quantitative estimate of drug-likeness (QED) is 0.687. The molecule has 78 valence electrons. The van der Waals surface area contributed by atoms with Crippen LogP contribution in [-0.4, -0.2) is 31.3 Å². The number of rotatable bonds is 2. The molecule has 2 nitrogen and oxygen atoms in total. The topological polar surface area (TPSA) is 20.3 Å². The maximum absolute atomic E-state index is 11.6. The van der Waals surface area contributed by atoms with Crippen LogP contribution >= 0.6 is 12.4 Å². The Morgan fingerprint density at radius 2 is 2.00 bits per heavy atom. The minimum atomic E-state index is 0. The van der Waals surface area contributed by atoms with Crippen LogP contribution in [0.5, 0.6) is 0 Å². The Balaban J connectivity index is 0.00000144. The molecule has 0 saturated heterocycles. The van der Waals surface area contributed by atoms with E-state index in [4.69, 9.17) is 0 Å². The summed E-state index contributed by atoms with van der Waals surface area (Å²) in [4.78, 5) is 13.7. The summed E-state index contributed by atoms with van der Waals surface area (Å²) in [5, 5.41) is 0. The van der Waals surface area contributed by atoms with Gasteiger partial charge in [0.25, 0.3) is 0 Å². The Labute approximate surface area is 87.1 Å². The van der Waals surface area contributed by atoms with Crippen molar-refractivity contribution in [3.63, 3.8) is 0 Å². The summed E-state index contributed by atoms with van der Waals surface area (Å²) in [5.41, 5.74) is 0. The Bertz CT molecular complexity index is 170. The van der Waals surface area contributed by atoms with Crippen LogP contribution in [0.3, 0.4) is 0 Å². The average Bonchev–Trinajstić information content (AvgIpc) is 1.98. The number of carbonyl (C=O) groups is 1. The highest BCUT2D eigenvalue weighted by Gasteiger charge is 2.27. The summed E-state index contributed by atoms with van der Waals surface area (Å²) in [6, 6.07) is 0. The first-order valence-corrected chi connectivity index (χ1v) is 4.79. The van der Waals surface area contributed by atoms with Crippen LogP contribution in [0.4, 0.5) is 0 Å². The van der Waals surface area contributed by atoms with Gasteiger partial charge >= 0.3 is 0 Å². The van der Waals surface area contributed by atoms with E-state index in [1.54, 1.807) is 0 Å². The van der Waals surface area contributed by atoms with E-state index in [2.05, 4.69) is 11.8 Å². The Kier molecular flexibility index (Phi) is 5.57. The van der Waals surface area contributed by atoms with Crippen LogP contribution < -0.4 is 0 Å². The molecule has 1 aliphatic carbocycles. The molecule has 0 aliphatic heterocycles. The summed E-state index contributed by atoms with van der Waals surface area (Å²) >= 11 is 0. The first-order valence-electron chi connectivity index (χ1n) is 4.79. The van der Waals surface area contributed by atoms with Crippen molar-refractivity contribution < 1.29 is 4.79 Å². The summed E-state index contributed by atoms with van der Waals surface area (Å²) in [6.45, 7) is 2.99. The second-order valence-corrected chi connectivity index (χ2v) is 4.19. The van der Waals surface area contributed by atoms with Gasteiger partial charge in [0, 0.05) is 18.4 Å². The smallest absolute Gasteiger partial charge is 0.140 e. The molecule has 0 N–H and O–H groups in total. The largest absolute Gasteiger partial charge is 0.309 e. The van der Waals surface area contributed by atoms with Gasteiger partial charge in [-0.05, 0) is 26.9 Å². The van der Waals surface area contributed by atoms with Crippen molar-refractivity contribution in [3.8, 4) is 0 Å². The van der Waals surface area contributed by atoms with Crippen LogP contribution in [0.2, 0.25) is 0 Å². The van der Waals surface area contributed by atoms with Gasteiger partial charge < -0.3 is 4.90 Å². The van der Waals surface area contributed by atoms with Gasteiger partial charge in [0.2, 0.25) is 0 Å². The Morgan fingerprint density at radius 3 is 2.54 bits per heavy atom. The normalized spacial score (nSPS) is 28.8. The lowest BCUT2D eigenvalue weighted by molar-refractivity contribution is -0.129. The molecule has 0 heterocycles. The Morgan fingerprint density at radius 1 is 1.38 bits per heavy atom. The van der Waals surface area contributed by atoms with Crippen LogP contribution in [0.1, 0.15) is 26.2 Å². The predicted molar refractivity (Wildman–Crippen MR) is 57.3 cm³/mol. The van der Waals surface area contributed by atoms with Crippen LogP contribution in [0.15, 0.2) is 0 Å². The second-order valence-electron chi connectivity index (χ2n) is 4.19. The second kappa shape index (κ2) is 5.61. The molecule has 0 amide bonds. The third kappa shape index (κ3) is 3.65. The van der Waals surface area contributed by atoms with Gasteiger partial charge in [-0.1, -0.05) is 13.3 Å². The van der Waals surface area contributed by atoms with Gasteiger partial charge in [0.15, 0.2) is 0 Å². The zero-order chi connectivity index (χ0) is 9.14. The van der Waals surface area contributed by atoms with Gasteiger partial charge in [-0.3, -0.25) is 4.79 Å². The van der Waals surface area contributed by atoms with E-state index < -0.39 is 0 Å². The van der Waals surface area contributed by atoms with Crippen LogP contribution in [-0.2, 0) is 4.79 Å². The number of carbonyl (C=O) groups excluding carboxylic acids is 1. The molecule has 0 aromatic carbocycles. The molecule has 1 rings (SSSR count). The molecule has 3 heteroatoms. The van der Waals surface area contributed by atoms with Gasteiger partial charge in [-0.15, -0.1) is 12.4 Å². The molecule has 0 aromatic rings. The van der Waals surface area contributed by atoms with Gasteiger partial charge in [0.05, 0.1) is 0 Å². The number of ketones is 1. The van der Waals surface area contributed by atoms with E-state index in [0.29, 0.717) is 17.6 Å². The van der Waals surface area contributed by atoms with E-state index >= 15 is 0 Å². The number of Topliss-reactive ketones (excluding diaryl/α,β-unsaturated/α-hetero) is 1. The highest BCUT2D eigenvalue weighted by atomic mass is 35.5. The molecule has 13 heavy (non-hydrogen) atoms. The summed E-state index contributed by atoms with van der Waals surface area (Å²) in [5.74, 6) is 1.10. The molecule has 2 atom stereocenters.